The second-order valence-electron chi connectivity index (χ2n) is 5.03. The number of benzene rings is 1. The molecule has 0 bridgehead atoms. The summed E-state index contributed by atoms with van der Waals surface area (Å²) in [6.45, 7) is 0.882. The Labute approximate surface area is 112 Å². The SMILES string of the molecule is CN(CC(N)=O)C(=O)c1cccc(NCC2CC2)c1. The molecule has 0 heterocycles. The molecule has 1 aromatic rings. The van der Waals surface area contributed by atoms with Gasteiger partial charge in [0.15, 0.2) is 0 Å². The molecule has 5 heteroatoms. The summed E-state index contributed by atoms with van der Waals surface area (Å²) in [6, 6.07) is 7.32. The number of hydrogen-bond acceptors (Lipinski definition) is 3. The summed E-state index contributed by atoms with van der Waals surface area (Å²) in [6.07, 6.45) is 2.57. The monoisotopic (exact) mass is 261 g/mol. The average Bonchev–Trinajstić information content (AvgIpc) is 3.19. The number of carbonyl (C=O) groups is 2. The Balaban J connectivity index is 1.99. The Morgan fingerprint density at radius 3 is 2.79 bits per heavy atom. The summed E-state index contributed by atoms with van der Waals surface area (Å²) >= 11 is 0. The summed E-state index contributed by atoms with van der Waals surface area (Å²) in [5.74, 6) is 0.0598. The number of nitrogens with zero attached hydrogens (tertiary/aromatic N) is 1. The molecular formula is C14H19N3O2. The van der Waals surface area contributed by atoms with Gasteiger partial charge in [-0.25, -0.2) is 0 Å². The van der Waals surface area contributed by atoms with Crippen LogP contribution in [0, 0.1) is 5.92 Å². The Hall–Kier alpha value is -2.04. The molecule has 2 amide bonds. The fraction of sp³-hybridized carbons (Fsp3) is 0.429. The largest absolute Gasteiger partial charge is 0.385 e. The number of hydrogen-bond donors (Lipinski definition) is 2. The van der Waals surface area contributed by atoms with Crippen molar-refractivity contribution in [3.05, 3.63) is 29.8 Å². The minimum Gasteiger partial charge on any atom is -0.385 e. The third-order valence-corrected chi connectivity index (χ3v) is 3.14. The highest BCUT2D eigenvalue weighted by molar-refractivity contribution is 5.96. The van der Waals surface area contributed by atoms with E-state index < -0.39 is 5.91 Å². The lowest BCUT2D eigenvalue weighted by Crippen LogP contribution is -2.35. The van der Waals surface area contributed by atoms with E-state index in [1.165, 1.54) is 17.7 Å². The molecule has 19 heavy (non-hydrogen) atoms. The lowest BCUT2D eigenvalue weighted by atomic mass is 10.1. The number of likely N-dealkylation sites (N-methyl/N-ethyl adjacent to an activating group) is 1. The van der Waals surface area contributed by atoms with Crippen LogP contribution >= 0.6 is 0 Å². The van der Waals surface area contributed by atoms with Crippen LogP contribution in [0.1, 0.15) is 23.2 Å². The van der Waals surface area contributed by atoms with Gasteiger partial charge in [-0.15, -0.1) is 0 Å². The van der Waals surface area contributed by atoms with Gasteiger partial charge in [0.1, 0.15) is 0 Å². The number of nitrogens with two attached hydrogens (primary N) is 1. The highest BCUT2D eigenvalue weighted by Crippen LogP contribution is 2.29. The van der Waals surface area contributed by atoms with Gasteiger partial charge in [-0.2, -0.15) is 0 Å². The molecule has 5 nitrogen and oxygen atoms in total. The van der Waals surface area contributed by atoms with E-state index in [-0.39, 0.29) is 12.5 Å². The van der Waals surface area contributed by atoms with Crippen molar-refractivity contribution in [3.63, 3.8) is 0 Å². The van der Waals surface area contributed by atoms with Gasteiger partial charge in [0.2, 0.25) is 5.91 Å². The molecule has 0 spiro atoms. The van der Waals surface area contributed by atoms with Crippen molar-refractivity contribution in [1.82, 2.24) is 4.90 Å². The quantitative estimate of drug-likeness (QED) is 0.804. The molecule has 0 atom stereocenters. The first-order chi connectivity index (χ1) is 9.06. The molecule has 102 valence electrons. The number of primary amides is 1. The van der Waals surface area contributed by atoms with Crippen molar-refractivity contribution in [1.29, 1.82) is 0 Å². The highest BCUT2D eigenvalue weighted by Gasteiger charge is 2.20. The van der Waals surface area contributed by atoms with Crippen LogP contribution < -0.4 is 11.1 Å². The summed E-state index contributed by atoms with van der Waals surface area (Å²) in [7, 11) is 1.57. The van der Waals surface area contributed by atoms with Gasteiger partial charge in [0, 0.05) is 24.8 Å². The maximum absolute atomic E-state index is 12.1. The first-order valence-corrected chi connectivity index (χ1v) is 6.44. The third kappa shape index (κ3) is 3.98. The third-order valence-electron chi connectivity index (χ3n) is 3.14. The summed E-state index contributed by atoms with van der Waals surface area (Å²) in [5, 5.41) is 3.32. The Kier molecular flexibility index (Phi) is 4.04. The van der Waals surface area contributed by atoms with Crippen molar-refractivity contribution in [2.24, 2.45) is 11.7 Å². The number of anilines is 1. The van der Waals surface area contributed by atoms with Gasteiger partial charge in [-0.3, -0.25) is 9.59 Å². The standard InChI is InChI=1S/C14H19N3O2/c1-17(9-13(15)18)14(19)11-3-2-4-12(7-11)16-8-10-5-6-10/h2-4,7,10,16H,5-6,8-9H2,1H3,(H2,15,18). The zero-order chi connectivity index (χ0) is 13.8. The van der Waals surface area contributed by atoms with Crippen LogP contribution in [-0.2, 0) is 4.79 Å². The fourth-order valence-corrected chi connectivity index (χ4v) is 1.87. The zero-order valence-corrected chi connectivity index (χ0v) is 11.1. The number of carbonyl (C=O) groups excluding carboxylic acids is 2. The molecule has 0 aliphatic heterocycles. The van der Waals surface area contributed by atoms with Gasteiger partial charge in [-0.1, -0.05) is 6.07 Å². The van der Waals surface area contributed by atoms with Crippen LogP contribution in [0.15, 0.2) is 24.3 Å². The molecular weight excluding hydrogens is 242 g/mol. The summed E-state index contributed by atoms with van der Waals surface area (Å²) in [4.78, 5) is 24.2. The molecule has 1 aromatic carbocycles. The fourth-order valence-electron chi connectivity index (χ4n) is 1.87. The van der Waals surface area contributed by atoms with Crippen LogP contribution in [0.5, 0.6) is 0 Å². The molecule has 1 saturated carbocycles. The molecule has 0 saturated heterocycles. The zero-order valence-electron chi connectivity index (χ0n) is 11.1. The molecule has 3 N–H and O–H groups in total. The van der Waals surface area contributed by atoms with E-state index in [9.17, 15) is 9.59 Å². The summed E-state index contributed by atoms with van der Waals surface area (Å²) < 4.78 is 0. The van der Waals surface area contributed by atoms with E-state index in [1.807, 2.05) is 18.2 Å². The van der Waals surface area contributed by atoms with Crippen molar-refractivity contribution in [2.75, 3.05) is 25.5 Å². The van der Waals surface area contributed by atoms with Crippen molar-refractivity contribution in [2.45, 2.75) is 12.8 Å². The van der Waals surface area contributed by atoms with Gasteiger partial charge < -0.3 is 16.0 Å². The topological polar surface area (TPSA) is 75.4 Å². The van der Waals surface area contributed by atoms with Gasteiger partial charge >= 0.3 is 0 Å². The number of amides is 2. The lowest BCUT2D eigenvalue weighted by Gasteiger charge is -2.15. The Bertz CT molecular complexity index is 483. The molecule has 1 aliphatic rings. The van der Waals surface area contributed by atoms with E-state index in [0.29, 0.717) is 5.56 Å². The van der Waals surface area contributed by atoms with E-state index in [4.69, 9.17) is 5.73 Å². The highest BCUT2D eigenvalue weighted by atomic mass is 16.2. The van der Waals surface area contributed by atoms with Gasteiger partial charge in [-0.05, 0) is 37.0 Å². The van der Waals surface area contributed by atoms with Crippen LogP contribution in [0.4, 0.5) is 5.69 Å². The van der Waals surface area contributed by atoms with Crippen LogP contribution in [0.25, 0.3) is 0 Å². The molecule has 0 unspecified atom stereocenters. The van der Waals surface area contributed by atoms with Crippen LogP contribution in [0.2, 0.25) is 0 Å². The Morgan fingerprint density at radius 1 is 1.42 bits per heavy atom. The van der Waals surface area contributed by atoms with Gasteiger partial charge in [0.25, 0.3) is 5.91 Å². The first kappa shape index (κ1) is 13.4. The smallest absolute Gasteiger partial charge is 0.254 e. The maximum atomic E-state index is 12.1. The van der Waals surface area contributed by atoms with E-state index in [0.717, 1.165) is 18.2 Å². The predicted molar refractivity (Wildman–Crippen MR) is 73.8 cm³/mol. The lowest BCUT2D eigenvalue weighted by molar-refractivity contribution is -0.118. The van der Waals surface area contributed by atoms with Gasteiger partial charge in [0.05, 0.1) is 6.54 Å². The van der Waals surface area contributed by atoms with Crippen LogP contribution in [-0.4, -0.2) is 36.9 Å². The normalized spacial score (nSPS) is 13.9. The maximum Gasteiger partial charge on any atom is 0.254 e. The first-order valence-electron chi connectivity index (χ1n) is 6.44. The van der Waals surface area contributed by atoms with Crippen LogP contribution in [0.3, 0.4) is 0 Å². The summed E-state index contributed by atoms with van der Waals surface area (Å²) in [5.41, 5.74) is 6.58. The predicted octanol–water partition coefficient (Wildman–Crippen LogP) is 1.07. The molecule has 1 fully saturated rings. The Morgan fingerprint density at radius 2 is 2.16 bits per heavy atom. The number of nitrogens with one attached hydrogen (secondary N) is 1. The average molecular weight is 261 g/mol. The van der Waals surface area contributed by atoms with E-state index >= 15 is 0 Å². The number of rotatable bonds is 6. The van der Waals surface area contributed by atoms with E-state index in [1.54, 1.807) is 13.1 Å². The van der Waals surface area contributed by atoms with Crippen molar-refractivity contribution >= 4 is 17.5 Å². The molecule has 1 aliphatic carbocycles. The minimum absolute atomic E-state index is 0.0709. The second-order valence-corrected chi connectivity index (χ2v) is 5.03. The molecule has 2 rings (SSSR count). The molecule has 0 radical (unpaired) electrons. The second kappa shape index (κ2) is 5.73. The van der Waals surface area contributed by atoms with Crippen molar-refractivity contribution in [3.8, 4) is 0 Å². The van der Waals surface area contributed by atoms with Crippen molar-refractivity contribution < 1.29 is 9.59 Å². The minimum atomic E-state index is -0.515. The van der Waals surface area contributed by atoms with E-state index in [2.05, 4.69) is 5.32 Å². The molecule has 0 aromatic heterocycles.